The average Bonchev–Trinajstić information content (AvgIpc) is 3.22. The Morgan fingerprint density at radius 1 is 1.38 bits per heavy atom. The number of methoxy groups -OCH3 is 1. The highest BCUT2D eigenvalue weighted by molar-refractivity contribution is 7.98. The third-order valence-electron chi connectivity index (χ3n) is 3.22. The largest absolute Gasteiger partial charge is 0.494 e. The molecule has 0 saturated carbocycles. The maximum absolute atomic E-state index is 10.8. The topological polar surface area (TPSA) is 103 Å². The number of carboxylic acids is 1. The number of aryl methyl sites for hydroxylation is 1. The van der Waals surface area contributed by atoms with Crippen molar-refractivity contribution in [2.24, 2.45) is 0 Å². The first-order valence-electron chi connectivity index (χ1n) is 6.96. The smallest absolute Gasteiger partial charge is 0.371 e. The Labute approximate surface area is 141 Å². The number of furan rings is 1. The minimum atomic E-state index is -1.10. The molecule has 2 aromatic heterocycles. The summed E-state index contributed by atoms with van der Waals surface area (Å²) >= 11 is 1.34. The predicted octanol–water partition coefficient (Wildman–Crippen LogP) is 2.56. The number of carboxylic acid groups (broad SMARTS) is 1. The van der Waals surface area contributed by atoms with Crippen molar-refractivity contribution in [1.29, 1.82) is 0 Å². The number of aromatic carboxylic acids is 1. The zero-order valence-corrected chi connectivity index (χ0v) is 13.8. The van der Waals surface area contributed by atoms with Gasteiger partial charge in [-0.25, -0.2) is 4.79 Å². The minimum absolute atomic E-state index is 0.0921. The number of ether oxygens (including phenoxy) is 1. The molecule has 124 valence electrons. The second-order valence-electron chi connectivity index (χ2n) is 4.91. The van der Waals surface area contributed by atoms with Crippen molar-refractivity contribution in [1.82, 2.24) is 20.2 Å². The lowest BCUT2D eigenvalue weighted by Crippen LogP contribution is -2.02. The summed E-state index contributed by atoms with van der Waals surface area (Å²) < 4.78 is 12.2. The summed E-state index contributed by atoms with van der Waals surface area (Å²) in [5.74, 6) is 0.400. The van der Waals surface area contributed by atoms with E-state index < -0.39 is 5.97 Å². The van der Waals surface area contributed by atoms with Crippen LogP contribution in [0.15, 0.2) is 39.9 Å². The van der Waals surface area contributed by atoms with E-state index in [0.29, 0.717) is 22.4 Å². The average molecular weight is 346 g/mol. The second-order valence-corrected chi connectivity index (χ2v) is 5.85. The number of benzene rings is 1. The number of thioether (sulfide) groups is 1. The van der Waals surface area contributed by atoms with Crippen molar-refractivity contribution in [2.45, 2.75) is 17.8 Å². The molecule has 8 nitrogen and oxygen atoms in total. The molecule has 3 aromatic rings. The maximum Gasteiger partial charge on any atom is 0.371 e. The summed E-state index contributed by atoms with van der Waals surface area (Å²) in [5.41, 5.74) is 1.78. The van der Waals surface area contributed by atoms with E-state index in [1.807, 2.05) is 25.1 Å². The van der Waals surface area contributed by atoms with Gasteiger partial charge in [0.2, 0.25) is 10.9 Å². The van der Waals surface area contributed by atoms with E-state index in [1.165, 1.54) is 17.8 Å². The van der Waals surface area contributed by atoms with Crippen molar-refractivity contribution < 1.29 is 19.1 Å². The minimum Gasteiger partial charge on any atom is -0.494 e. The quantitative estimate of drug-likeness (QED) is 0.679. The van der Waals surface area contributed by atoms with Crippen LogP contribution in [0.2, 0.25) is 0 Å². The van der Waals surface area contributed by atoms with Crippen LogP contribution in [0.4, 0.5) is 0 Å². The summed E-state index contributed by atoms with van der Waals surface area (Å²) in [4.78, 5) is 10.8. The van der Waals surface area contributed by atoms with E-state index >= 15 is 0 Å². The molecule has 0 spiro atoms. The SMILES string of the molecule is COc1ccc(C)cc1-n1nnnc1SCc1ccc(C(=O)O)o1. The summed E-state index contributed by atoms with van der Waals surface area (Å²) in [6.07, 6.45) is 0. The fourth-order valence-electron chi connectivity index (χ4n) is 2.09. The molecule has 0 bridgehead atoms. The van der Waals surface area contributed by atoms with Gasteiger partial charge in [0.05, 0.1) is 12.9 Å². The lowest BCUT2D eigenvalue weighted by atomic mass is 10.2. The highest BCUT2D eigenvalue weighted by atomic mass is 32.2. The van der Waals surface area contributed by atoms with Crippen LogP contribution in [0.1, 0.15) is 21.9 Å². The number of hydrogen-bond acceptors (Lipinski definition) is 7. The third-order valence-corrected chi connectivity index (χ3v) is 4.16. The molecule has 0 aliphatic carbocycles. The van der Waals surface area contributed by atoms with Gasteiger partial charge in [0.1, 0.15) is 17.2 Å². The van der Waals surface area contributed by atoms with E-state index in [1.54, 1.807) is 17.9 Å². The van der Waals surface area contributed by atoms with Crippen molar-refractivity contribution >= 4 is 17.7 Å². The zero-order chi connectivity index (χ0) is 17.1. The Morgan fingerprint density at radius 2 is 2.21 bits per heavy atom. The molecule has 0 radical (unpaired) electrons. The third kappa shape index (κ3) is 3.25. The van der Waals surface area contributed by atoms with Crippen LogP contribution in [0, 0.1) is 6.92 Å². The van der Waals surface area contributed by atoms with Crippen molar-refractivity contribution in [2.75, 3.05) is 7.11 Å². The fraction of sp³-hybridized carbons (Fsp3) is 0.200. The van der Waals surface area contributed by atoms with Crippen LogP contribution in [0.25, 0.3) is 5.69 Å². The Morgan fingerprint density at radius 3 is 2.92 bits per heavy atom. The van der Waals surface area contributed by atoms with Crippen LogP contribution in [0.5, 0.6) is 5.75 Å². The van der Waals surface area contributed by atoms with Gasteiger partial charge < -0.3 is 14.3 Å². The predicted molar refractivity (Wildman–Crippen MR) is 85.7 cm³/mol. The van der Waals surface area contributed by atoms with Crippen molar-refractivity contribution in [3.8, 4) is 11.4 Å². The van der Waals surface area contributed by atoms with Crippen LogP contribution < -0.4 is 4.74 Å². The summed E-state index contributed by atoms with van der Waals surface area (Å²) in [5, 5.41) is 21.2. The molecule has 0 fully saturated rings. The van der Waals surface area contributed by atoms with Crippen LogP contribution >= 0.6 is 11.8 Å². The van der Waals surface area contributed by atoms with E-state index in [2.05, 4.69) is 15.5 Å². The fourth-order valence-corrected chi connectivity index (χ4v) is 2.87. The van der Waals surface area contributed by atoms with Gasteiger partial charge in [-0.1, -0.05) is 17.8 Å². The molecule has 1 aromatic carbocycles. The second kappa shape index (κ2) is 6.75. The normalized spacial score (nSPS) is 10.8. The van der Waals surface area contributed by atoms with Crippen molar-refractivity contribution in [3.05, 3.63) is 47.4 Å². The molecule has 9 heteroatoms. The Hall–Kier alpha value is -2.81. The van der Waals surface area contributed by atoms with Crippen LogP contribution in [-0.2, 0) is 5.75 Å². The first kappa shape index (κ1) is 16.1. The summed E-state index contributed by atoms with van der Waals surface area (Å²) in [6.45, 7) is 1.97. The molecule has 0 atom stereocenters. The highest BCUT2D eigenvalue weighted by Crippen LogP contribution is 2.28. The molecule has 24 heavy (non-hydrogen) atoms. The van der Waals surface area contributed by atoms with Gasteiger partial charge in [-0.05, 0) is 47.2 Å². The Balaban J connectivity index is 1.83. The molecule has 3 rings (SSSR count). The molecule has 0 aliphatic heterocycles. The summed E-state index contributed by atoms with van der Waals surface area (Å²) in [7, 11) is 1.58. The Bertz CT molecular complexity index is 874. The standard InChI is InChI=1S/C15H14N4O4S/c1-9-3-5-12(22-2)11(7-9)19-15(16-17-18-19)24-8-10-4-6-13(23-10)14(20)21/h3-7H,8H2,1-2H3,(H,20,21). The number of aromatic nitrogens is 4. The Kier molecular flexibility index (Phi) is 4.52. The molecule has 0 saturated heterocycles. The molecular weight excluding hydrogens is 332 g/mol. The number of nitrogens with zero attached hydrogens (tertiary/aromatic N) is 4. The van der Waals surface area contributed by atoms with Gasteiger partial charge in [-0.15, -0.1) is 5.10 Å². The van der Waals surface area contributed by atoms with Gasteiger partial charge in [0.15, 0.2) is 0 Å². The molecule has 0 unspecified atom stereocenters. The van der Waals surface area contributed by atoms with Crippen LogP contribution in [0.3, 0.4) is 0 Å². The lowest BCUT2D eigenvalue weighted by molar-refractivity contribution is 0.0661. The zero-order valence-electron chi connectivity index (χ0n) is 13.0. The van der Waals surface area contributed by atoms with Gasteiger partial charge in [0.25, 0.3) is 0 Å². The number of tetrazole rings is 1. The van der Waals surface area contributed by atoms with Gasteiger partial charge in [0, 0.05) is 0 Å². The van der Waals surface area contributed by atoms with Gasteiger partial charge in [-0.3, -0.25) is 0 Å². The molecule has 0 aliphatic rings. The number of carbonyl (C=O) groups is 1. The maximum atomic E-state index is 10.8. The lowest BCUT2D eigenvalue weighted by Gasteiger charge is -2.10. The van der Waals surface area contributed by atoms with E-state index in [0.717, 1.165) is 11.3 Å². The molecular formula is C15H14N4O4S. The van der Waals surface area contributed by atoms with Gasteiger partial charge in [-0.2, -0.15) is 4.68 Å². The van der Waals surface area contributed by atoms with E-state index in [9.17, 15) is 4.79 Å². The summed E-state index contributed by atoms with van der Waals surface area (Å²) in [6, 6.07) is 8.76. The van der Waals surface area contributed by atoms with Gasteiger partial charge >= 0.3 is 5.97 Å². The number of hydrogen-bond donors (Lipinski definition) is 1. The first-order valence-corrected chi connectivity index (χ1v) is 7.95. The number of rotatable bonds is 6. The molecule has 1 N–H and O–H groups in total. The van der Waals surface area contributed by atoms with Crippen LogP contribution in [-0.4, -0.2) is 38.4 Å². The highest BCUT2D eigenvalue weighted by Gasteiger charge is 2.15. The van der Waals surface area contributed by atoms with E-state index in [4.69, 9.17) is 14.3 Å². The van der Waals surface area contributed by atoms with E-state index in [-0.39, 0.29) is 5.76 Å². The molecule has 0 amide bonds. The molecule has 2 heterocycles. The monoisotopic (exact) mass is 346 g/mol. The first-order chi connectivity index (χ1) is 11.6. The van der Waals surface area contributed by atoms with Crippen molar-refractivity contribution in [3.63, 3.8) is 0 Å².